The maximum absolute atomic E-state index is 11.4. The standard InChI is InChI=1S/C16H22O5Si/c1-18-11-6-7-13(19-2)12(10-11)16(21-22(3,4)5)14-8-9-15(17)20-14/h6-10,14,16H,1-5H3/t14-,16-/m0/s1. The molecule has 1 aliphatic heterocycles. The molecule has 0 spiro atoms. The van der Waals surface area contributed by atoms with Crippen LogP contribution in [0.15, 0.2) is 30.4 Å². The van der Waals surface area contributed by atoms with Gasteiger partial charge in [-0.1, -0.05) is 0 Å². The highest BCUT2D eigenvalue weighted by Gasteiger charge is 2.34. The maximum atomic E-state index is 11.4. The van der Waals surface area contributed by atoms with E-state index in [2.05, 4.69) is 19.6 Å². The molecule has 1 aliphatic rings. The first-order valence-electron chi connectivity index (χ1n) is 7.12. The van der Waals surface area contributed by atoms with E-state index in [1.807, 2.05) is 18.2 Å². The van der Waals surface area contributed by atoms with Crippen molar-refractivity contribution in [2.45, 2.75) is 31.8 Å². The van der Waals surface area contributed by atoms with Crippen LogP contribution >= 0.6 is 0 Å². The number of carbonyl (C=O) groups excluding carboxylic acids is 1. The van der Waals surface area contributed by atoms with E-state index in [0.29, 0.717) is 11.5 Å². The van der Waals surface area contributed by atoms with Crippen molar-refractivity contribution in [1.82, 2.24) is 0 Å². The number of methoxy groups -OCH3 is 2. The van der Waals surface area contributed by atoms with Gasteiger partial charge in [0.2, 0.25) is 0 Å². The minimum atomic E-state index is -1.88. The first-order chi connectivity index (χ1) is 10.3. The van der Waals surface area contributed by atoms with Crippen LogP contribution in [0.2, 0.25) is 19.6 Å². The molecule has 1 aromatic carbocycles. The van der Waals surface area contributed by atoms with Crippen LogP contribution in [0.1, 0.15) is 11.7 Å². The molecule has 1 aromatic rings. The molecule has 0 radical (unpaired) electrons. The molecule has 0 saturated carbocycles. The Hall–Kier alpha value is -1.79. The lowest BCUT2D eigenvalue weighted by Crippen LogP contribution is -2.33. The third-order valence-electron chi connectivity index (χ3n) is 3.20. The second-order valence-electron chi connectivity index (χ2n) is 6.02. The monoisotopic (exact) mass is 322 g/mol. The van der Waals surface area contributed by atoms with Gasteiger partial charge < -0.3 is 18.6 Å². The SMILES string of the molecule is COc1ccc(OC)c([C@H](O[Si](C)(C)C)[C@@H]2C=CC(=O)O2)c1. The summed E-state index contributed by atoms with van der Waals surface area (Å²) in [5.74, 6) is 1.03. The number of esters is 1. The van der Waals surface area contributed by atoms with Gasteiger partial charge >= 0.3 is 5.97 Å². The minimum Gasteiger partial charge on any atom is -0.497 e. The van der Waals surface area contributed by atoms with Gasteiger partial charge in [-0.15, -0.1) is 0 Å². The van der Waals surface area contributed by atoms with E-state index in [0.717, 1.165) is 5.56 Å². The lowest BCUT2D eigenvalue weighted by Gasteiger charge is -2.30. The fourth-order valence-corrected chi connectivity index (χ4v) is 3.32. The normalized spacial score (nSPS) is 19.0. The molecular weight excluding hydrogens is 300 g/mol. The molecule has 2 atom stereocenters. The number of ether oxygens (including phenoxy) is 3. The van der Waals surface area contributed by atoms with Crippen molar-refractivity contribution in [1.29, 1.82) is 0 Å². The predicted octanol–water partition coefficient (Wildman–Crippen LogP) is 3.08. The molecule has 6 heteroatoms. The highest BCUT2D eigenvalue weighted by Crippen LogP contribution is 2.37. The van der Waals surface area contributed by atoms with Crippen LogP contribution in [0.25, 0.3) is 0 Å². The maximum Gasteiger partial charge on any atom is 0.331 e. The molecule has 0 saturated heterocycles. The van der Waals surface area contributed by atoms with Gasteiger partial charge in [0.15, 0.2) is 14.4 Å². The summed E-state index contributed by atoms with van der Waals surface area (Å²) in [6, 6.07) is 5.52. The molecule has 0 aromatic heterocycles. The van der Waals surface area contributed by atoms with Crippen molar-refractivity contribution in [2.24, 2.45) is 0 Å². The molecule has 120 valence electrons. The number of carbonyl (C=O) groups is 1. The summed E-state index contributed by atoms with van der Waals surface area (Å²) in [5.41, 5.74) is 0.814. The van der Waals surface area contributed by atoms with E-state index in [9.17, 15) is 4.79 Å². The molecule has 5 nitrogen and oxygen atoms in total. The van der Waals surface area contributed by atoms with Crippen LogP contribution in [-0.4, -0.2) is 34.6 Å². The van der Waals surface area contributed by atoms with Gasteiger partial charge in [-0.05, 0) is 43.9 Å². The topological polar surface area (TPSA) is 54.0 Å². The molecule has 0 unspecified atom stereocenters. The average molecular weight is 322 g/mol. The van der Waals surface area contributed by atoms with E-state index >= 15 is 0 Å². The molecule has 0 bridgehead atoms. The summed E-state index contributed by atoms with van der Waals surface area (Å²) in [7, 11) is 1.33. The Morgan fingerprint density at radius 2 is 1.91 bits per heavy atom. The van der Waals surface area contributed by atoms with Crippen molar-refractivity contribution in [2.75, 3.05) is 14.2 Å². The van der Waals surface area contributed by atoms with E-state index < -0.39 is 20.5 Å². The zero-order valence-electron chi connectivity index (χ0n) is 13.6. The van der Waals surface area contributed by atoms with Crippen molar-refractivity contribution in [3.05, 3.63) is 35.9 Å². The van der Waals surface area contributed by atoms with Gasteiger partial charge in [0.05, 0.1) is 14.2 Å². The van der Waals surface area contributed by atoms with Gasteiger partial charge in [-0.2, -0.15) is 0 Å². The van der Waals surface area contributed by atoms with Gasteiger partial charge in [0.25, 0.3) is 0 Å². The van der Waals surface area contributed by atoms with Gasteiger partial charge in [0, 0.05) is 11.6 Å². The third kappa shape index (κ3) is 3.89. The molecule has 2 rings (SSSR count). The second kappa shape index (κ2) is 6.54. The number of rotatable bonds is 6. The van der Waals surface area contributed by atoms with E-state index in [1.54, 1.807) is 20.3 Å². The van der Waals surface area contributed by atoms with Gasteiger partial charge in [-0.25, -0.2) is 4.79 Å². The minimum absolute atomic E-state index is 0.351. The van der Waals surface area contributed by atoms with Crippen molar-refractivity contribution < 1.29 is 23.4 Å². The smallest absolute Gasteiger partial charge is 0.331 e. The summed E-state index contributed by atoms with van der Waals surface area (Å²) < 4.78 is 22.4. The van der Waals surface area contributed by atoms with Crippen molar-refractivity contribution in [3.8, 4) is 11.5 Å². The Morgan fingerprint density at radius 1 is 1.18 bits per heavy atom. The Morgan fingerprint density at radius 3 is 2.41 bits per heavy atom. The van der Waals surface area contributed by atoms with Crippen molar-refractivity contribution >= 4 is 14.3 Å². The molecule has 0 aliphatic carbocycles. The van der Waals surface area contributed by atoms with E-state index in [-0.39, 0.29) is 5.97 Å². The van der Waals surface area contributed by atoms with Crippen LogP contribution in [-0.2, 0) is 14.0 Å². The number of hydrogen-bond donors (Lipinski definition) is 0. The summed E-state index contributed by atoms with van der Waals surface area (Å²) in [6.45, 7) is 6.27. The summed E-state index contributed by atoms with van der Waals surface area (Å²) in [6.07, 6.45) is 2.28. The average Bonchev–Trinajstić information content (AvgIpc) is 2.89. The highest BCUT2D eigenvalue weighted by atomic mass is 28.4. The Bertz CT molecular complexity index is 576. The predicted molar refractivity (Wildman–Crippen MR) is 85.7 cm³/mol. The van der Waals surface area contributed by atoms with E-state index in [1.165, 1.54) is 6.08 Å². The summed E-state index contributed by atoms with van der Waals surface area (Å²) in [4.78, 5) is 11.4. The van der Waals surface area contributed by atoms with Crippen molar-refractivity contribution in [3.63, 3.8) is 0 Å². The highest BCUT2D eigenvalue weighted by molar-refractivity contribution is 6.69. The molecule has 0 N–H and O–H groups in total. The Labute approximate surface area is 132 Å². The lowest BCUT2D eigenvalue weighted by atomic mass is 10.0. The van der Waals surface area contributed by atoms with E-state index in [4.69, 9.17) is 18.6 Å². The summed E-state index contributed by atoms with van der Waals surface area (Å²) >= 11 is 0. The number of hydrogen-bond acceptors (Lipinski definition) is 5. The Balaban J connectivity index is 2.43. The zero-order valence-corrected chi connectivity index (χ0v) is 14.6. The molecular formula is C16H22O5Si. The number of benzene rings is 1. The summed E-state index contributed by atoms with van der Waals surface area (Å²) in [5, 5.41) is 0. The molecule has 1 heterocycles. The molecule has 0 amide bonds. The van der Waals surface area contributed by atoms with Gasteiger partial charge in [-0.3, -0.25) is 0 Å². The molecule has 22 heavy (non-hydrogen) atoms. The molecule has 0 fully saturated rings. The second-order valence-corrected chi connectivity index (χ2v) is 10.5. The van der Waals surface area contributed by atoms with Crippen LogP contribution in [0.4, 0.5) is 0 Å². The number of cyclic esters (lactones) is 1. The van der Waals surface area contributed by atoms with Crippen LogP contribution in [0.3, 0.4) is 0 Å². The van der Waals surface area contributed by atoms with Gasteiger partial charge in [0.1, 0.15) is 17.6 Å². The largest absolute Gasteiger partial charge is 0.497 e. The first-order valence-corrected chi connectivity index (χ1v) is 10.5. The Kier molecular flexibility index (Phi) is 4.93. The fraction of sp³-hybridized carbons (Fsp3) is 0.438. The lowest BCUT2D eigenvalue weighted by molar-refractivity contribution is -0.142. The van der Waals surface area contributed by atoms with Crippen LogP contribution < -0.4 is 9.47 Å². The van der Waals surface area contributed by atoms with Crippen LogP contribution in [0, 0.1) is 0 Å². The first kappa shape index (κ1) is 16.6. The fourth-order valence-electron chi connectivity index (χ4n) is 2.30. The van der Waals surface area contributed by atoms with Crippen LogP contribution in [0.5, 0.6) is 11.5 Å². The quantitative estimate of drug-likeness (QED) is 0.595. The zero-order chi connectivity index (χ0) is 16.3. The third-order valence-corrected chi connectivity index (χ3v) is 4.16.